The van der Waals surface area contributed by atoms with Gasteiger partial charge >= 0.3 is 0 Å². The van der Waals surface area contributed by atoms with Crippen LogP contribution in [0.25, 0.3) is 0 Å². The number of nitrogens with one attached hydrogen (secondary N) is 1. The van der Waals surface area contributed by atoms with Crippen molar-refractivity contribution in [3.63, 3.8) is 0 Å². The Kier molecular flexibility index (Phi) is 7.15. The van der Waals surface area contributed by atoms with Crippen molar-refractivity contribution in [2.75, 3.05) is 31.1 Å². The van der Waals surface area contributed by atoms with Crippen molar-refractivity contribution in [1.29, 1.82) is 0 Å². The molecule has 0 atom stereocenters. The van der Waals surface area contributed by atoms with Crippen LogP contribution in [-0.2, 0) is 0 Å². The average molecular weight is 330 g/mol. The standard InChI is InChI=1S/C10H13BrN2O.2ClH/c11-8-5-9(7-10(14)6-8)13-3-1-12-2-4-13;;/h5-7,12,14H,1-4H2;2*1H. The first kappa shape index (κ1) is 15.8. The number of hydrogen-bond donors (Lipinski definition) is 2. The maximum absolute atomic E-state index is 9.45. The number of hydrogen-bond acceptors (Lipinski definition) is 3. The largest absolute Gasteiger partial charge is 0.508 e. The minimum Gasteiger partial charge on any atom is -0.508 e. The third-order valence-corrected chi connectivity index (χ3v) is 2.81. The Labute approximate surface area is 116 Å². The lowest BCUT2D eigenvalue weighted by Crippen LogP contribution is -2.43. The lowest BCUT2D eigenvalue weighted by Gasteiger charge is -2.29. The number of halogens is 3. The molecule has 1 saturated heterocycles. The smallest absolute Gasteiger partial charge is 0.118 e. The molecule has 1 aliphatic heterocycles. The van der Waals surface area contributed by atoms with Gasteiger partial charge in [0.15, 0.2) is 0 Å². The Bertz CT molecular complexity index is 312. The molecule has 1 heterocycles. The molecule has 2 N–H and O–H groups in total. The highest BCUT2D eigenvalue weighted by molar-refractivity contribution is 9.10. The van der Waals surface area contributed by atoms with Gasteiger partial charge in [0, 0.05) is 42.4 Å². The molecule has 0 aromatic heterocycles. The summed E-state index contributed by atoms with van der Waals surface area (Å²) < 4.78 is 0.922. The van der Waals surface area contributed by atoms with E-state index >= 15 is 0 Å². The summed E-state index contributed by atoms with van der Waals surface area (Å²) in [7, 11) is 0. The molecule has 1 fully saturated rings. The van der Waals surface area contributed by atoms with Crippen molar-refractivity contribution in [2.24, 2.45) is 0 Å². The van der Waals surface area contributed by atoms with Crippen LogP contribution < -0.4 is 10.2 Å². The van der Waals surface area contributed by atoms with E-state index in [0.717, 1.165) is 36.3 Å². The minimum atomic E-state index is 0. The molecule has 0 saturated carbocycles. The fraction of sp³-hybridized carbons (Fsp3) is 0.400. The summed E-state index contributed by atoms with van der Waals surface area (Å²) in [6, 6.07) is 5.53. The minimum absolute atomic E-state index is 0. The molecule has 0 amide bonds. The van der Waals surface area contributed by atoms with E-state index in [2.05, 4.69) is 26.1 Å². The highest BCUT2D eigenvalue weighted by atomic mass is 79.9. The second-order valence-electron chi connectivity index (χ2n) is 3.40. The Morgan fingerprint density at radius 1 is 1.12 bits per heavy atom. The van der Waals surface area contributed by atoms with E-state index in [1.165, 1.54) is 0 Å². The van der Waals surface area contributed by atoms with E-state index in [1.54, 1.807) is 12.1 Å². The van der Waals surface area contributed by atoms with Gasteiger partial charge in [-0.3, -0.25) is 0 Å². The van der Waals surface area contributed by atoms with Gasteiger partial charge in [-0.25, -0.2) is 0 Å². The van der Waals surface area contributed by atoms with E-state index < -0.39 is 0 Å². The molecular weight excluding hydrogens is 315 g/mol. The highest BCUT2D eigenvalue weighted by Crippen LogP contribution is 2.26. The van der Waals surface area contributed by atoms with Crippen LogP contribution in [0.5, 0.6) is 5.75 Å². The summed E-state index contributed by atoms with van der Waals surface area (Å²) in [6.07, 6.45) is 0. The van der Waals surface area contributed by atoms with Gasteiger partial charge in [0.1, 0.15) is 5.75 Å². The number of anilines is 1. The quantitative estimate of drug-likeness (QED) is 0.830. The SMILES string of the molecule is Cl.Cl.Oc1cc(Br)cc(N2CCNCC2)c1. The fourth-order valence-electron chi connectivity index (χ4n) is 1.66. The van der Waals surface area contributed by atoms with Crippen LogP contribution in [0.1, 0.15) is 0 Å². The number of piperazine rings is 1. The zero-order valence-corrected chi connectivity index (χ0v) is 11.9. The highest BCUT2D eigenvalue weighted by Gasteiger charge is 2.11. The zero-order valence-electron chi connectivity index (χ0n) is 8.65. The molecule has 0 aliphatic carbocycles. The monoisotopic (exact) mass is 328 g/mol. The second kappa shape index (κ2) is 7.22. The second-order valence-corrected chi connectivity index (χ2v) is 4.32. The molecular formula is C10H15BrCl2N2O. The van der Waals surface area contributed by atoms with Crippen molar-refractivity contribution in [2.45, 2.75) is 0 Å². The van der Waals surface area contributed by atoms with E-state index in [9.17, 15) is 5.11 Å². The van der Waals surface area contributed by atoms with Crippen LogP contribution in [0.4, 0.5) is 5.69 Å². The van der Waals surface area contributed by atoms with Crippen LogP contribution in [0.3, 0.4) is 0 Å². The van der Waals surface area contributed by atoms with E-state index in [0.29, 0.717) is 5.75 Å². The predicted molar refractivity (Wildman–Crippen MR) is 75.4 cm³/mol. The Balaban J connectivity index is 0.00000112. The Hall–Kier alpha value is -0.160. The van der Waals surface area contributed by atoms with Gasteiger partial charge in [-0.05, 0) is 12.1 Å². The van der Waals surface area contributed by atoms with E-state index in [1.807, 2.05) is 6.07 Å². The number of benzene rings is 1. The molecule has 2 rings (SSSR count). The lowest BCUT2D eigenvalue weighted by atomic mass is 10.2. The molecule has 92 valence electrons. The molecule has 0 unspecified atom stereocenters. The normalized spacial score (nSPS) is 14.9. The summed E-state index contributed by atoms with van der Waals surface area (Å²) in [6.45, 7) is 4.01. The fourth-order valence-corrected chi connectivity index (χ4v) is 2.13. The van der Waals surface area contributed by atoms with Gasteiger partial charge in [0.2, 0.25) is 0 Å². The molecule has 6 heteroatoms. The summed E-state index contributed by atoms with van der Waals surface area (Å²) >= 11 is 3.38. The maximum Gasteiger partial charge on any atom is 0.118 e. The first-order valence-electron chi connectivity index (χ1n) is 4.71. The number of phenols is 1. The molecule has 16 heavy (non-hydrogen) atoms. The predicted octanol–water partition coefficient (Wildman–Crippen LogP) is 2.41. The summed E-state index contributed by atoms with van der Waals surface area (Å²) in [4.78, 5) is 2.26. The molecule has 0 bridgehead atoms. The first-order chi connectivity index (χ1) is 6.75. The van der Waals surface area contributed by atoms with Gasteiger partial charge < -0.3 is 15.3 Å². The lowest BCUT2D eigenvalue weighted by molar-refractivity contribution is 0.474. The third kappa shape index (κ3) is 4.01. The average Bonchev–Trinajstić information content (AvgIpc) is 2.18. The summed E-state index contributed by atoms with van der Waals surface area (Å²) in [5.41, 5.74) is 1.08. The summed E-state index contributed by atoms with van der Waals surface area (Å²) in [5, 5.41) is 12.8. The van der Waals surface area contributed by atoms with Crippen LogP contribution in [0.15, 0.2) is 22.7 Å². The first-order valence-corrected chi connectivity index (χ1v) is 5.50. The topological polar surface area (TPSA) is 35.5 Å². The summed E-state index contributed by atoms with van der Waals surface area (Å²) in [5.74, 6) is 0.313. The number of rotatable bonds is 1. The number of phenolic OH excluding ortho intramolecular Hbond substituents is 1. The van der Waals surface area contributed by atoms with Gasteiger partial charge in [0.25, 0.3) is 0 Å². The number of nitrogens with zero attached hydrogens (tertiary/aromatic N) is 1. The molecule has 1 aromatic rings. The van der Waals surface area contributed by atoms with Gasteiger partial charge in [-0.2, -0.15) is 0 Å². The third-order valence-electron chi connectivity index (χ3n) is 2.35. The molecule has 0 spiro atoms. The van der Waals surface area contributed by atoms with Crippen LogP contribution in [0.2, 0.25) is 0 Å². The maximum atomic E-state index is 9.45. The van der Waals surface area contributed by atoms with Crippen LogP contribution in [0, 0.1) is 0 Å². The molecule has 0 radical (unpaired) electrons. The van der Waals surface area contributed by atoms with E-state index in [-0.39, 0.29) is 24.8 Å². The van der Waals surface area contributed by atoms with Crippen molar-refractivity contribution in [1.82, 2.24) is 5.32 Å². The van der Waals surface area contributed by atoms with Crippen LogP contribution in [-0.4, -0.2) is 31.3 Å². The number of aromatic hydroxyl groups is 1. The van der Waals surface area contributed by atoms with Gasteiger partial charge in [-0.1, -0.05) is 15.9 Å². The van der Waals surface area contributed by atoms with Crippen molar-refractivity contribution >= 4 is 46.4 Å². The van der Waals surface area contributed by atoms with Gasteiger partial charge in [-0.15, -0.1) is 24.8 Å². The van der Waals surface area contributed by atoms with Gasteiger partial charge in [0.05, 0.1) is 0 Å². The molecule has 1 aliphatic rings. The van der Waals surface area contributed by atoms with E-state index in [4.69, 9.17) is 0 Å². The van der Waals surface area contributed by atoms with Crippen molar-refractivity contribution < 1.29 is 5.11 Å². The van der Waals surface area contributed by atoms with Crippen molar-refractivity contribution in [3.8, 4) is 5.75 Å². The van der Waals surface area contributed by atoms with Crippen molar-refractivity contribution in [3.05, 3.63) is 22.7 Å². The Morgan fingerprint density at radius 3 is 2.31 bits per heavy atom. The van der Waals surface area contributed by atoms with Crippen LogP contribution >= 0.6 is 40.7 Å². The molecule has 3 nitrogen and oxygen atoms in total. The zero-order chi connectivity index (χ0) is 9.97. The Morgan fingerprint density at radius 2 is 1.75 bits per heavy atom. The molecule has 1 aromatic carbocycles.